The first-order valence-corrected chi connectivity index (χ1v) is 53.9. The number of aromatic nitrogens is 6. The van der Waals surface area contributed by atoms with Crippen LogP contribution in [0.2, 0.25) is 0 Å². The third kappa shape index (κ3) is 61.5. The summed E-state index contributed by atoms with van der Waals surface area (Å²) in [5.41, 5.74) is 19.9. The van der Waals surface area contributed by atoms with Crippen molar-refractivity contribution in [1.82, 2.24) is 39.7 Å². The average Bonchev–Trinajstić information content (AvgIpc) is 1.66. The third-order valence-corrected chi connectivity index (χ3v) is 23.2. The van der Waals surface area contributed by atoms with Crippen LogP contribution in [0, 0.1) is 0 Å². The molecule has 7 N–H and O–H groups in total. The molecule has 2 aliphatic heterocycles. The maximum Gasteiger partial charge on any atom is 0.306 e. The number of carbonyl (C=O) groups excluding carboxylic acids is 1. The van der Waals surface area contributed by atoms with Crippen molar-refractivity contribution in [3.63, 3.8) is 0 Å². The van der Waals surface area contributed by atoms with Crippen LogP contribution < -0.4 is 21.3 Å². The van der Waals surface area contributed by atoms with E-state index < -0.39 is 11.6 Å². The first-order chi connectivity index (χ1) is 69.8. The highest BCUT2D eigenvalue weighted by molar-refractivity contribution is 6.08. The number of nitrogens with zero attached hydrogens (tertiary/aromatic N) is 8. The predicted octanol–water partition coefficient (Wildman–Crippen LogP) is 15.1. The van der Waals surface area contributed by atoms with Crippen LogP contribution in [0.1, 0.15) is 213 Å². The Bertz CT molecular complexity index is 4050. The van der Waals surface area contributed by atoms with Gasteiger partial charge in [-0.2, -0.15) is 0 Å². The number of pyridine rings is 2. The Labute approximate surface area is 859 Å². The van der Waals surface area contributed by atoms with Crippen LogP contribution in [0.5, 0.6) is 0 Å². The quantitative estimate of drug-likeness (QED) is 0.0175. The first-order valence-electron chi connectivity index (χ1n) is 53.9. The van der Waals surface area contributed by atoms with Gasteiger partial charge in [0.2, 0.25) is 0 Å². The molecule has 2 aromatic carbocycles. The summed E-state index contributed by atoms with van der Waals surface area (Å²) in [5, 5.41) is 10.7. The first kappa shape index (κ1) is 125. The predicted molar refractivity (Wildman–Crippen MR) is 565 cm³/mol. The van der Waals surface area contributed by atoms with Crippen LogP contribution in [0.15, 0.2) is 36.4 Å². The molecule has 820 valence electrons. The van der Waals surface area contributed by atoms with E-state index in [1.54, 1.807) is 0 Å². The van der Waals surface area contributed by atoms with E-state index in [-0.39, 0.29) is 24.8 Å². The Kier molecular flexibility index (Phi) is 74.1. The molecule has 8 rings (SSSR count). The lowest BCUT2D eigenvalue weighted by Crippen LogP contribution is -2.47. The van der Waals surface area contributed by atoms with Gasteiger partial charge in [0.1, 0.15) is 51.0 Å². The van der Waals surface area contributed by atoms with Gasteiger partial charge in [-0.1, -0.05) is 26.7 Å². The summed E-state index contributed by atoms with van der Waals surface area (Å²) in [6.07, 6.45) is 23.8. The maximum atomic E-state index is 11.7. The van der Waals surface area contributed by atoms with E-state index in [1.165, 1.54) is 11.4 Å². The third-order valence-electron chi connectivity index (χ3n) is 23.2. The van der Waals surface area contributed by atoms with Gasteiger partial charge in [0.25, 0.3) is 0 Å². The van der Waals surface area contributed by atoms with Crippen molar-refractivity contribution in [3.05, 3.63) is 48.0 Å². The smallest absolute Gasteiger partial charge is 0.306 e. The lowest BCUT2D eigenvalue weighted by atomic mass is 10.1. The molecule has 2 aliphatic rings. The molecule has 0 radical (unpaired) electrons. The number of carboxylic acids is 1. The Balaban J connectivity index is 0.000000435. The van der Waals surface area contributed by atoms with Gasteiger partial charge in [-0.05, 0) is 198 Å². The normalized spacial score (nSPS) is 13.4. The van der Waals surface area contributed by atoms with E-state index in [0.717, 1.165) is 288 Å². The second-order valence-corrected chi connectivity index (χ2v) is 36.9. The standard InChI is InChI=1S/C55H96N6O12.C51H88N6O12.ClH/c1-5-6-17-50-58-52-48-20-19-47(46-49(48)57-54(56)53(52)59-50)61-23-21-60(22-24-61)25-45-72-44-16-43-71-42-15-41-70-40-14-39-69-38-13-37-68-36-12-35-67-34-11-33-66-32-10-31-65-30-9-29-64-28-8-27-63-26-7-18-51(62)73-55(2,3)4;1-2-3-14-47-54-49-45-17-16-44(43-46(45)53-51(52)50(49)55-47)57-20-18-56(19-21-57)22-42-69-41-13-40-68-39-12-38-67-37-11-36-66-35-10-34-65-33-9-32-64-31-8-30-63-29-7-28-62-27-6-26-61-25-5-24-60-23-4-15-48(58)59;/h19-20,46H,5-18,21-45H2,1-4H3,(H2,56,57)(H,58,59);16-17,43H,2-15,18-42H2,1H3,(H2,52,53)(H,54,55)(H,58,59);1H. The van der Waals surface area contributed by atoms with E-state index in [0.29, 0.717) is 282 Å². The summed E-state index contributed by atoms with van der Waals surface area (Å²) in [7, 11) is 0. The van der Waals surface area contributed by atoms with Crippen LogP contribution in [-0.4, -0.2) is 392 Å². The van der Waals surface area contributed by atoms with E-state index >= 15 is 0 Å². The molecule has 4 aromatic heterocycles. The number of imidazole rings is 2. The molecule has 36 nitrogen and oxygen atoms in total. The van der Waals surface area contributed by atoms with Crippen LogP contribution in [0.25, 0.3) is 43.9 Å². The van der Waals surface area contributed by atoms with Gasteiger partial charge in [0.05, 0.1) is 24.2 Å². The number of ether oxygens (including phenoxy) is 21. The van der Waals surface area contributed by atoms with Gasteiger partial charge < -0.3 is 136 Å². The number of anilines is 4. The van der Waals surface area contributed by atoms with Gasteiger partial charge in [0, 0.05) is 364 Å². The van der Waals surface area contributed by atoms with E-state index in [1.807, 2.05) is 20.8 Å². The Morgan fingerprint density at radius 3 is 0.762 bits per heavy atom. The van der Waals surface area contributed by atoms with E-state index in [4.69, 9.17) is 136 Å². The van der Waals surface area contributed by atoms with Crippen molar-refractivity contribution in [2.45, 2.75) is 220 Å². The number of nitrogens with one attached hydrogen (secondary N) is 2. The topological polar surface area (TPSA) is 396 Å². The molecule has 0 saturated carbocycles. The zero-order valence-electron chi connectivity index (χ0n) is 88.1. The minimum absolute atomic E-state index is 0. The largest absolute Gasteiger partial charge is 0.481 e. The molecule has 37 heteroatoms. The molecule has 0 atom stereocenters. The summed E-state index contributed by atoms with van der Waals surface area (Å²) in [4.78, 5) is 57.9. The number of aryl methyl sites for hydroxylation is 2. The number of hydrogen-bond acceptors (Lipinski definition) is 33. The molecule has 2 saturated heterocycles. The van der Waals surface area contributed by atoms with Gasteiger partial charge in [-0.15, -0.1) is 12.4 Å². The summed E-state index contributed by atoms with van der Waals surface area (Å²) < 4.78 is 119. The number of esters is 1. The van der Waals surface area contributed by atoms with Crippen LogP contribution in [-0.2, 0) is 122 Å². The van der Waals surface area contributed by atoms with Crippen molar-refractivity contribution in [1.29, 1.82) is 0 Å². The molecule has 6 heterocycles. The Morgan fingerprint density at radius 1 is 0.315 bits per heavy atom. The number of carboxylic acid groups (broad SMARTS) is 1. The number of nitrogens with two attached hydrogens (primary N) is 2. The number of unbranched alkanes of at least 4 members (excludes halogenated alkanes) is 2. The minimum atomic E-state index is -0.787. The lowest BCUT2D eigenvalue weighted by molar-refractivity contribution is -0.155. The molecule has 2 fully saturated rings. The number of nitrogen functional groups attached to an aromatic ring is 2. The number of halogens is 1. The zero-order chi connectivity index (χ0) is 101. The molecule has 0 bridgehead atoms. The zero-order valence-corrected chi connectivity index (χ0v) is 88.9. The summed E-state index contributed by atoms with van der Waals surface area (Å²) in [6, 6.07) is 13.0. The van der Waals surface area contributed by atoms with Crippen molar-refractivity contribution < 1.29 is 114 Å². The average molecular weight is 2050 g/mol. The number of aliphatic carboxylic acids is 1. The van der Waals surface area contributed by atoms with Crippen LogP contribution >= 0.6 is 12.4 Å². The number of rotatable bonds is 94. The second-order valence-electron chi connectivity index (χ2n) is 36.9. The fourth-order valence-electron chi connectivity index (χ4n) is 15.6. The number of carbonyl (C=O) groups is 2. The molecule has 0 aliphatic carbocycles. The molecule has 0 amide bonds. The highest BCUT2D eigenvalue weighted by Crippen LogP contribution is 2.33. The highest BCUT2D eigenvalue weighted by atomic mass is 35.5. The molecule has 6 aromatic rings. The van der Waals surface area contributed by atoms with Gasteiger partial charge >= 0.3 is 11.9 Å². The number of fused-ring (bicyclic) bond motifs is 6. The highest BCUT2D eigenvalue weighted by Gasteiger charge is 2.23. The van der Waals surface area contributed by atoms with Crippen LogP contribution in [0.4, 0.5) is 23.0 Å². The monoisotopic (exact) mass is 2050 g/mol. The summed E-state index contributed by atoms with van der Waals surface area (Å²) in [5.74, 6) is 2.02. The SMILES string of the molecule is CCCCc1nc2c([nH]1)c(N)nc1cc(N3CCN(CCOCCCOCCCOCCCOCCCOCCCOCCCOCCCOCCCOCCCOCCCC(=O)O)CC3)ccc12.CCCCc1nc2c([nH]1)c(N)nc1cc(N3CCN(CCOCCCOCCCOCCCOCCCOCCCOCCCOCCCOCCCOCCCOCCCC(=O)OC(C)(C)C)CC3)ccc12.Cl. The van der Waals surface area contributed by atoms with Crippen molar-refractivity contribution >= 4 is 91.2 Å². The number of H-pyrrole nitrogens is 2. The van der Waals surface area contributed by atoms with Gasteiger partial charge in [0.15, 0.2) is 0 Å². The number of hydrogen-bond donors (Lipinski definition) is 5. The minimum Gasteiger partial charge on any atom is -0.481 e. The summed E-state index contributed by atoms with van der Waals surface area (Å²) >= 11 is 0. The number of benzene rings is 2. The summed E-state index contributed by atoms with van der Waals surface area (Å²) in [6.45, 7) is 47.0. The molecular weight excluding hydrogens is 1860 g/mol. The second kappa shape index (κ2) is 84.5. The maximum absolute atomic E-state index is 11.7. The van der Waals surface area contributed by atoms with Gasteiger partial charge in [-0.25, -0.2) is 19.9 Å². The van der Waals surface area contributed by atoms with Gasteiger partial charge in [-0.3, -0.25) is 19.4 Å². The van der Waals surface area contributed by atoms with Crippen LogP contribution in [0.3, 0.4) is 0 Å². The number of piperazine rings is 2. The van der Waals surface area contributed by atoms with E-state index in [2.05, 4.69) is 79.8 Å². The number of aromatic amines is 2. The fourth-order valence-corrected chi connectivity index (χ4v) is 15.6. The van der Waals surface area contributed by atoms with Crippen molar-refractivity contribution in [3.8, 4) is 0 Å². The fraction of sp³-hybridized carbons (Fsp3) is 0.792. The van der Waals surface area contributed by atoms with Crippen molar-refractivity contribution in [2.75, 3.05) is 351 Å². The van der Waals surface area contributed by atoms with E-state index in [9.17, 15) is 9.59 Å². The molecular formula is C106H185ClN12O24. The molecule has 0 spiro atoms. The van der Waals surface area contributed by atoms with Crippen molar-refractivity contribution in [2.24, 2.45) is 0 Å². The Morgan fingerprint density at radius 2 is 0.538 bits per heavy atom. The molecule has 0 unspecified atom stereocenters. The molecule has 143 heavy (non-hydrogen) atoms. The lowest BCUT2D eigenvalue weighted by Gasteiger charge is -2.36. The Hall–Kier alpha value is -6.25.